The smallest absolute Gasteiger partial charge is 0.387 e. The van der Waals surface area contributed by atoms with Crippen molar-refractivity contribution in [3.63, 3.8) is 0 Å². The lowest BCUT2D eigenvalue weighted by atomic mass is 10.1. The Balaban J connectivity index is 2.91. The fourth-order valence-corrected chi connectivity index (χ4v) is 1.10. The molecule has 0 spiro atoms. The van der Waals surface area contributed by atoms with Crippen LogP contribution in [0.3, 0.4) is 0 Å². The molecule has 0 saturated heterocycles. The van der Waals surface area contributed by atoms with Crippen LogP contribution in [-0.2, 0) is 6.42 Å². The molecule has 0 bridgehead atoms. The van der Waals surface area contributed by atoms with E-state index in [2.05, 4.69) is 4.74 Å². The maximum Gasteiger partial charge on any atom is 0.387 e. The first-order valence-corrected chi connectivity index (χ1v) is 4.11. The van der Waals surface area contributed by atoms with Gasteiger partial charge in [-0.2, -0.15) is 14.0 Å². The molecule has 14 heavy (non-hydrogen) atoms. The highest BCUT2D eigenvalue weighted by Crippen LogP contribution is 2.27. The average molecular weight is 218 g/mol. The summed E-state index contributed by atoms with van der Waals surface area (Å²) in [5, 5.41) is 8.49. The second kappa shape index (κ2) is 4.77. The second-order valence-corrected chi connectivity index (χ2v) is 2.89. The highest BCUT2D eigenvalue weighted by molar-refractivity contribution is 6.32. The maximum atomic E-state index is 11.9. The van der Waals surface area contributed by atoms with Gasteiger partial charge < -0.3 is 4.74 Å². The predicted molar refractivity (Wildman–Crippen MR) is 47.4 cm³/mol. The van der Waals surface area contributed by atoms with Gasteiger partial charge in [-0.1, -0.05) is 17.7 Å². The summed E-state index contributed by atoms with van der Waals surface area (Å²) < 4.78 is 27.9. The summed E-state index contributed by atoms with van der Waals surface area (Å²) in [5.41, 5.74) is 0.590. The lowest BCUT2D eigenvalue weighted by molar-refractivity contribution is -0.0498. The SMILES string of the molecule is N#CCc1ccc(Cl)c(OC(F)F)c1. The molecule has 0 aliphatic heterocycles. The molecule has 5 heteroatoms. The Morgan fingerprint density at radius 3 is 2.79 bits per heavy atom. The van der Waals surface area contributed by atoms with Crippen molar-refractivity contribution in [3.8, 4) is 11.8 Å². The standard InChI is InChI=1S/C9H6ClF2NO/c10-7-2-1-6(3-4-13)5-8(7)14-9(11)12/h1-2,5,9H,3H2. The molecule has 74 valence electrons. The molecule has 0 aliphatic rings. The van der Waals surface area contributed by atoms with Crippen molar-refractivity contribution in [3.05, 3.63) is 28.8 Å². The molecule has 0 saturated carbocycles. The summed E-state index contributed by atoms with van der Waals surface area (Å²) in [7, 11) is 0. The first-order chi connectivity index (χ1) is 6.63. The topological polar surface area (TPSA) is 33.0 Å². The van der Waals surface area contributed by atoms with Crippen molar-refractivity contribution in [2.75, 3.05) is 0 Å². The molecular formula is C9H6ClF2NO. The first kappa shape index (κ1) is 10.7. The van der Waals surface area contributed by atoms with Gasteiger partial charge in [-0.05, 0) is 17.7 Å². The molecule has 0 aliphatic carbocycles. The molecule has 0 fully saturated rings. The van der Waals surface area contributed by atoms with E-state index in [0.717, 1.165) is 0 Å². The fourth-order valence-electron chi connectivity index (χ4n) is 0.935. The van der Waals surface area contributed by atoms with Crippen molar-refractivity contribution in [2.45, 2.75) is 13.0 Å². The third-order valence-corrected chi connectivity index (χ3v) is 1.81. The predicted octanol–water partition coefficient (Wildman–Crippen LogP) is 3.01. The van der Waals surface area contributed by atoms with Crippen LogP contribution >= 0.6 is 11.6 Å². The lowest BCUT2D eigenvalue weighted by Gasteiger charge is -2.07. The third-order valence-electron chi connectivity index (χ3n) is 1.49. The molecule has 0 N–H and O–H groups in total. The van der Waals surface area contributed by atoms with Crippen molar-refractivity contribution in [1.82, 2.24) is 0 Å². The zero-order chi connectivity index (χ0) is 10.6. The highest BCUT2D eigenvalue weighted by Gasteiger charge is 2.08. The summed E-state index contributed by atoms with van der Waals surface area (Å²) in [4.78, 5) is 0. The Bertz CT molecular complexity index is 362. The number of nitrogens with zero attached hydrogens (tertiary/aromatic N) is 1. The quantitative estimate of drug-likeness (QED) is 0.780. The lowest BCUT2D eigenvalue weighted by Crippen LogP contribution is -2.02. The number of hydrogen-bond donors (Lipinski definition) is 0. The number of alkyl halides is 2. The normalized spacial score (nSPS) is 9.93. The Kier molecular flexibility index (Phi) is 3.66. The summed E-state index contributed by atoms with van der Waals surface area (Å²) in [6, 6.07) is 6.24. The molecule has 1 aromatic rings. The van der Waals surface area contributed by atoms with Crippen LogP contribution in [0.1, 0.15) is 5.56 Å². The second-order valence-electron chi connectivity index (χ2n) is 2.48. The molecule has 2 nitrogen and oxygen atoms in total. The van der Waals surface area contributed by atoms with E-state index in [1.807, 2.05) is 6.07 Å². The van der Waals surface area contributed by atoms with Crippen LogP contribution in [0, 0.1) is 11.3 Å². The maximum absolute atomic E-state index is 11.9. The van der Waals surface area contributed by atoms with E-state index in [1.165, 1.54) is 12.1 Å². The number of rotatable bonds is 3. The highest BCUT2D eigenvalue weighted by atomic mass is 35.5. The fraction of sp³-hybridized carbons (Fsp3) is 0.222. The minimum absolute atomic E-state index is 0.102. The van der Waals surface area contributed by atoms with Gasteiger partial charge in [-0.25, -0.2) is 0 Å². The first-order valence-electron chi connectivity index (χ1n) is 3.73. The molecule has 0 unspecified atom stereocenters. The van der Waals surface area contributed by atoms with E-state index in [-0.39, 0.29) is 17.2 Å². The zero-order valence-electron chi connectivity index (χ0n) is 7.01. The van der Waals surface area contributed by atoms with E-state index < -0.39 is 6.61 Å². The number of halogens is 3. The minimum Gasteiger partial charge on any atom is -0.433 e. The number of nitriles is 1. The zero-order valence-corrected chi connectivity index (χ0v) is 7.76. The molecule has 1 rings (SSSR count). The van der Waals surface area contributed by atoms with E-state index in [9.17, 15) is 8.78 Å². The summed E-state index contributed by atoms with van der Waals surface area (Å²) in [6.45, 7) is -2.91. The van der Waals surface area contributed by atoms with Crippen molar-refractivity contribution >= 4 is 11.6 Å². The largest absolute Gasteiger partial charge is 0.433 e. The Hall–Kier alpha value is -1.34. The van der Waals surface area contributed by atoms with E-state index in [4.69, 9.17) is 16.9 Å². The van der Waals surface area contributed by atoms with Crippen LogP contribution < -0.4 is 4.74 Å². The van der Waals surface area contributed by atoms with Gasteiger partial charge in [0.1, 0.15) is 5.75 Å². The molecule has 0 aromatic heterocycles. The minimum atomic E-state index is -2.91. The molecule has 0 heterocycles. The Morgan fingerprint density at radius 1 is 1.50 bits per heavy atom. The van der Waals surface area contributed by atoms with Crippen LogP contribution in [0.5, 0.6) is 5.75 Å². The Labute approximate surface area is 84.7 Å². The van der Waals surface area contributed by atoms with Gasteiger partial charge in [0.25, 0.3) is 0 Å². The van der Waals surface area contributed by atoms with E-state index >= 15 is 0 Å². The van der Waals surface area contributed by atoms with Crippen molar-refractivity contribution in [2.24, 2.45) is 0 Å². The summed E-state index contributed by atoms with van der Waals surface area (Å²) in [6.07, 6.45) is 0.136. The van der Waals surface area contributed by atoms with Gasteiger partial charge in [0.05, 0.1) is 17.5 Å². The Morgan fingerprint density at radius 2 is 2.21 bits per heavy atom. The van der Waals surface area contributed by atoms with Gasteiger partial charge in [-0.15, -0.1) is 0 Å². The van der Waals surface area contributed by atoms with Crippen LogP contribution in [0.15, 0.2) is 18.2 Å². The van der Waals surface area contributed by atoms with Crippen molar-refractivity contribution in [1.29, 1.82) is 5.26 Å². The summed E-state index contributed by atoms with van der Waals surface area (Å²) in [5.74, 6) is -0.102. The van der Waals surface area contributed by atoms with Crippen LogP contribution in [-0.4, -0.2) is 6.61 Å². The number of benzene rings is 1. The molecule has 0 amide bonds. The number of ether oxygens (including phenoxy) is 1. The van der Waals surface area contributed by atoms with Crippen molar-refractivity contribution < 1.29 is 13.5 Å². The third kappa shape index (κ3) is 2.86. The summed E-state index contributed by atoms with van der Waals surface area (Å²) >= 11 is 5.60. The van der Waals surface area contributed by atoms with E-state index in [1.54, 1.807) is 6.07 Å². The van der Waals surface area contributed by atoms with E-state index in [0.29, 0.717) is 5.56 Å². The van der Waals surface area contributed by atoms with Gasteiger partial charge in [0, 0.05) is 0 Å². The van der Waals surface area contributed by atoms with Gasteiger partial charge in [0.15, 0.2) is 0 Å². The molecule has 0 radical (unpaired) electrons. The molecule has 0 atom stereocenters. The number of hydrogen-bond acceptors (Lipinski definition) is 2. The van der Waals surface area contributed by atoms with Crippen LogP contribution in [0.25, 0.3) is 0 Å². The van der Waals surface area contributed by atoms with Gasteiger partial charge in [-0.3, -0.25) is 0 Å². The van der Waals surface area contributed by atoms with Crippen LogP contribution in [0.2, 0.25) is 5.02 Å². The van der Waals surface area contributed by atoms with Gasteiger partial charge in [0.2, 0.25) is 0 Å². The van der Waals surface area contributed by atoms with Gasteiger partial charge >= 0.3 is 6.61 Å². The average Bonchev–Trinajstić information content (AvgIpc) is 2.10. The monoisotopic (exact) mass is 217 g/mol. The molecular weight excluding hydrogens is 212 g/mol. The van der Waals surface area contributed by atoms with Crippen LogP contribution in [0.4, 0.5) is 8.78 Å². The molecule has 1 aromatic carbocycles.